The van der Waals surface area contributed by atoms with Gasteiger partial charge in [0.25, 0.3) is 0 Å². The van der Waals surface area contributed by atoms with Gasteiger partial charge in [0.05, 0.1) is 25.3 Å². The minimum Gasteiger partial charge on any atom is -0.465 e. The maximum atomic E-state index is 13.5. The van der Waals surface area contributed by atoms with Crippen LogP contribution < -0.4 is 0 Å². The molecule has 0 aliphatic carbocycles. The number of benzene rings is 1. The van der Waals surface area contributed by atoms with Gasteiger partial charge in [0, 0.05) is 20.9 Å². The zero-order valence-corrected chi connectivity index (χ0v) is 15.3. The van der Waals surface area contributed by atoms with Gasteiger partial charge in [-0.3, -0.25) is 0 Å². The zero-order chi connectivity index (χ0) is 18.8. The summed E-state index contributed by atoms with van der Waals surface area (Å²) in [7, 11) is 2.44. The van der Waals surface area contributed by atoms with Crippen molar-refractivity contribution in [3.05, 3.63) is 57.8 Å². The van der Waals surface area contributed by atoms with Crippen molar-refractivity contribution >= 4 is 34.6 Å². The molecule has 8 heteroatoms. The van der Waals surface area contributed by atoms with Crippen LogP contribution in [0.5, 0.6) is 0 Å². The zero-order valence-electron chi connectivity index (χ0n) is 13.7. The van der Waals surface area contributed by atoms with Gasteiger partial charge in [-0.25, -0.2) is 9.59 Å². The highest BCUT2D eigenvalue weighted by Crippen LogP contribution is 2.38. The van der Waals surface area contributed by atoms with E-state index < -0.39 is 22.2 Å². The van der Waals surface area contributed by atoms with Gasteiger partial charge < -0.3 is 9.47 Å². The van der Waals surface area contributed by atoms with E-state index in [4.69, 9.17) is 9.47 Å². The van der Waals surface area contributed by atoms with Crippen molar-refractivity contribution in [3.8, 4) is 20.9 Å². The summed E-state index contributed by atoms with van der Waals surface area (Å²) < 4.78 is 36.6. The summed E-state index contributed by atoms with van der Waals surface area (Å²) in [5.74, 6) is -1.30. The summed E-state index contributed by atoms with van der Waals surface area (Å²) in [6.45, 7) is 0. The van der Waals surface area contributed by atoms with Gasteiger partial charge in [0.2, 0.25) is 0 Å². The lowest BCUT2D eigenvalue weighted by Gasteiger charge is -2.13. The summed E-state index contributed by atoms with van der Waals surface area (Å²) >= 11 is 1.67. The van der Waals surface area contributed by atoms with Gasteiger partial charge in [-0.15, -0.1) is 22.7 Å². The third-order valence-corrected chi connectivity index (χ3v) is 5.46. The van der Waals surface area contributed by atoms with Crippen molar-refractivity contribution in [2.45, 2.75) is 0 Å². The highest BCUT2D eigenvalue weighted by Gasteiger charge is 2.23. The normalized spacial score (nSPS) is 10.6. The second-order valence-electron chi connectivity index (χ2n) is 5.13. The van der Waals surface area contributed by atoms with Gasteiger partial charge in [0.1, 0.15) is 0 Å². The molecule has 1 aromatic carbocycles. The Morgan fingerprint density at radius 3 is 1.42 bits per heavy atom. The lowest BCUT2D eigenvalue weighted by molar-refractivity contribution is 0.0588. The predicted molar refractivity (Wildman–Crippen MR) is 95.7 cm³/mol. The number of hydrogen-bond donors (Lipinski definition) is 0. The second kappa shape index (κ2) is 7.35. The molecule has 0 bridgehead atoms. The molecule has 2 aromatic heterocycles. The van der Waals surface area contributed by atoms with E-state index in [1.807, 2.05) is 0 Å². The highest BCUT2D eigenvalue weighted by atomic mass is 32.1. The predicted octanol–water partition coefficient (Wildman–Crippen LogP) is 5.00. The fourth-order valence-corrected chi connectivity index (χ4v) is 4.01. The monoisotopic (exact) mass is 394 g/mol. The van der Waals surface area contributed by atoms with Gasteiger partial charge in [-0.2, -0.15) is 8.78 Å². The largest absolute Gasteiger partial charge is 0.465 e. The summed E-state index contributed by atoms with van der Waals surface area (Å²) in [4.78, 5) is 25.4. The molecule has 26 heavy (non-hydrogen) atoms. The molecular weight excluding hydrogens is 382 g/mol. The fourth-order valence-electron chi connectivity index (χ4n) is 2.48. The standard InChI is InChI=1S/C18H12F2O4S2/c1-23-17(21)11-7-10(14-4-6-16(20)26-14)12(18(22)24-2)8-9(11)13-3-5-15(19)25-13/h3-8H,1-2H3. The number of thiophene rings is 2. The molecule has 0 saturated carbocycles. The van der Waals surface area contributed by atoms with Crippen molar-refractivity contribution in [2.75, 3.05) is 14.2 Å². The van der Waals surface area contributed by atoms with E-state index in [1.54, 1.807) is 0 Å². The molecule has 134 valence electrons. The van der Waals surface area contributed by atoms with E-state index in [1.165, 1.54) is 50.6 Å². The van der Waals surface area contributed by atoms with Crippen LogP contribution in [0.3, 0.4) is 0 Å². The van der Waals surface area contributed by atoms with Gasteiger partial charge in [-0.1, -0.05) is 0 Å². The SMILES string of the molecule is COC(=O)c1cc(-c2ccc(F)s2)c(C(=O)OC)cc1-c1ccc(F)s1. The maximum absolute atomic E-state index is 13.5. The van der Waals surface area contributed by atoms with Crippen LogP contribution in [0.25, 0.3) is 20.9 Å². The Labute approximate surface area is 155 Å². The molecule has 0 atom stereocenters. The molecule has 4 nitrogen and oxygen atoms in total. The lowest BCUT2D eigenvalue weighted by atomic mass is 9.96. The first-order valence-electron chi connectivity index (χ1n) is 7.30. The number of halogens is 2. The second-order valence-corrected chi connectivity index (χ2v) is 7.20. The molecule has 3 rings (SSSR count). The quantitative estimate of drug-likeness (QED) is 0.585. The van der Waals surface area contributed by atoms with Crippen LogP contribution >= 0.6 is 22.7 Å². The molecule has 0 radical (unpaired) electrons. The number of rotatable bonds is 4. The highest BCUT2D eigenvalue weighted by molar-refractivity contribution is 7.14. The van der Waals surface area contributed by atoms with Crippen LogP contribution in [0.1, 0.15) is 20.7 Å². The Balaban J connectivity index is 2.31. The third-order valence-electron chi connectivity index (χ3n) is 3.65. The van der Waals surface area contributed by atoms with Crippen LogP contribution in [0.2, 0.25) is 0 Å². The van der Waals surface area contributed by atoms with Gasteiger partial charge >= 0.3 is 11.9 Å². The Bertz CT molecular complexity index is 911. The van der Waals surface area contributed by atoms with Crippen molar-refractivity contribution < 1.29 is 27.8 Å². The lowest BCUT2D eigenvalue weighted by Crippen LogP contribution is -2.09. The van der Waals surface area contributed by atoms with Crippen LogP contribution in [-0.2, 0) is 9.47 Å². The third kappa shape index (κ3) is 3.38. The summed E-state index contributed by atoms with van der Waals surface area (Å²) in [6, 6.07) is 8.43. The molecule has 0 N–H and O–H groups in total. The molecule has 0 spiro atoms. The number of esters is 2. The Kier molecular flexibility index (Phi) is 5.15. The summed E-state index contributed by atoms with van der Waals surface area (Å²) in [6.07, 6.45) is 0. The Hall–Kier alpha value is -2.58. The number of carbonyl (C=O) groups excluding carboxylic acids is 2. The van der Waals surface area contributed by atoms with Crippen molar-refractivity contribution in [1.82, 2.24) is 0 Å². The maximum Gasteiger partial charge on any atom is 0.338 e. The van der Waals surface area contributed by atoms with Crippen molar-refractivity contribution in [1.29, 1.82) is 0 Å². The molecule has 0 saturated heterocycles. The van der Waals surface area contributed by atoms with E-state index in [2.05, 4.69) is 0 Å². The average molecular weight is 394 g/mol. The minimum absolute atomic E-state index is 0.144. The number of ether oxygens (including phenoxy) is 2. The van der Waals surface area contributed by atoms with E-state index >= 15 is 0 Å². The minimum atomic E-state index is -0.650. The summed E-state index contributed by atoms with van der Waals surface area (Å²) in [5.41, 5.74) is 0.968. The van der Waals surface area contributed by atoms with Crippen LogP contribution in [-0.4, -0.2) is 26.2 Å². The van der Waals surface area contributed by atoms with Crippen molar-refractivity contribution in [2.24, 2.45) is 0 Å². The van der Waals surface area contributed by atoms with Crippen molar-refractivity contribution in [3.63, 3.8) is 0 Å². The fraction of sp³-hybridized carbons (Fsp3) is 0.111. The van der Waals surface area contributed by atoms with Crippen LogP contribution in [0.15, 0.2) is 36.4 Å². The first-order valence-corrected chi connectivity index (χ1v) is 8.94. The Morgan fingerprint density at radius 1 is 0.769 bits per heavy atom. The first kappa shape index (κ1) is 18.2. The van der Waals surface area contributed by atoms with Gasteiger partial charge in [-0.05, 0) is 36.4 Å². The first-order chi connectivity index (χ1) is 12.4. The van der Waals surface area contributed by atoms with Crippen LogP contribution in [0.4, 0.5) is 8.78 Å². The molecule has 0 fully saturated rings. The number of carbonyl (C=O) groups is 2. The summed E-state index contributed by atoms with van der Waals surface area (Å²) in [5, 5.41) is -0.861. The Morgan fingerprint density at radius 2 is 1.15 bits per heavy atom. The number of hydrogen-bond acceptors (Lipinski definition) is 6. The smallest absolute Gasteiger partial charge is 0.338 e. The molecule has 3 aromatic rings. The van der Waals surface area contributed by atoms with E-state index in [0.29, 0.717) is 20.9 Å². The molecule has 2 heterocycles. The van der Waals surface area contributed by atoms with E-state index in [0.717, 1.165) is 22.7 Å². The topological polar surface area (TPSA) is 52.6 Å². The molecule has 0 amide bonds. The number of methoxy groups -OCH3 is 2. The molecule has 0 aliphatic rings. The van der Waals surface area contributed by atoms with E-state index in [9.17, 15) is 18.4 Å². The average Bonchev–Trinajstić information content (AvgIpc) is 3.27. The molecule has 0 aliphatic heterocycles. The molecule has 0 unspecified atom stereocenters. The van der Waals surface area contributed by atoms with Crippen LogP contribution in [0, 0.1) is 10.3 Å². The van der Waals surface area contributed by atoms with Gasteiger partial charge in [0.15, 0.2) is 10.3 Å². The van der Waals surface area contributed by atoms with E-state index in [-0.39, 0.29) is 11.1 Å². The molecular formula is C18H12F2O4S2.